The van der Waals surface area contributed by atoms with Gasteiger partial charge in [0.25, 0.3) is 0 Å². The van der Waals surface area contributed by atoms with Crippen LogP contribution in [-0.2, 0) is 11.4 Å². The smallest absolute Gasteiger partial charge is 0.124 e. The van der Waals surface area contributed by atoms with Crippen molar-refractivity contribution in [3.05, 3.63) is 34.6 Å². The topological polar surface area (TPSA) is 21.3 Å². The average molecular weight is 244 g/mol. The van der Waals surface area contributed by atoms with Crippen LogP contribution in [0.5, 0.6) is 0 Å². The molecular weight excluding hydrogens is 229 g/mol. The normalized spacial score (nSPS) is 16.9. The molecule has 0 amide bonds. The molecule has 0 aromatic heterocycles. The predicted octanol–water partition coefficient (Wildman–Crippen LogP) is 3.44. The van der Waals surface area contributed by atoms with Crippen molar-refractivity contribution in [2.24, 2.45) is 0 Å². The van der Waals surface area contributed by atoms with Gasteiger partial charge in [-0.3, -0.25) is 4.84 Å². The van der Waals surface area contributed by atoms with E-state index in [9.17, 15) is 4.39 Å². The first-order chi connectivity index (χ1) is 7.75. The average Bonchev–Trinajstić information content (AvgIpc) is 2.74. The second-order valence-corrected chi connectivity index (χ2v) is 4.49. The maximum absolute atomic E-state index is 12.8. The van der Waals surface area contributed by atoms with Crippen LogP contribution < -0.4 is 5.48 Å². The lowest BCUT2D eigenvalue weighted by Crippen LogP contribution is -2.21. The molecule has 1 aliphatic rings. The molecule has 1 aliphatic carbocycles. The lowest BCUT2D eigenvalue weighted by molar-refractivity contribution is -0.0244. The Morgan fingerprint density at radius 2 is 2.12 bits per heavy atom. The molecule has 1 fully saturated rings. The summed E-state index contributed by atoms with van der Waals surface area (Å²) in [6.45, 7) is 0.510. The van der Waals surface area contributed by atoms with Gasteiger partial charge in [-0.2, -0.15) is 5.48 Å². The van der Waals surface area contributed by atoms with E-state index in [0.29, 0.717) is 17.7 Å². The SMILES string of the molecule is Fc1ccc(CNOC2CCCC2)c(Cl)c1. The molecular formula is C12H15ClFNO. The summed E-state index contributed by atoms with van der Waals surface area (Å²) in [4.78, 5) is 5.49. The van der Waals surface area contributed by atoms with Gasteiger partial charge in [-0.1, -0.05) is 30.5 Å². The van der Waals surface area contributed by atoms with E-state index in [2.05, 4.69) is 5.48 Å². The zero-order valence-corrected chi connectivity index (χ0v) is 9.77. The molecule has 1 saturated carbocycles. The van der Waals surface area contributed by atoms with Crippen LogP contribution in [0.3, 0.4) is 0 Å². The Bertz CT molecular complexity index is 353. The monoisotopic (exact) mass is 243 g/mol. The minimum Gasteiger partial charge on any atom is -0.298 e. The van der Waals surface area contributed by atoms with E-state index in [1.165, 1.54) is 25.0 Å². The highest BCUT2D eigenvalue weighted by Gasteiger charge is 2.15. The lowest BCUT2D eigenvalue weighted by Gasteiger charge is -2.12. The molecule has 0 unspecified atom stereocenters. The molecule has 0 atom stereocenters. The van der Waals surface area contributed by atoms with Gasteiger partial charge in [0, 0.05) is 11.6 Å². The third kappa shape index (κ3) is 3.17. The molecule has 2 rings (SSSR count). The van der Waals surface area contributed by atoms with Crippen molar-refractivity contribution >= 4 is 11.6 Å². The molecule has 1 aromatic rings. The summed E-state index contributed by atoms with van der Waals surface area (Å²) in [5.41, 5.74) is 3.75. The predicted molar refractivity (Wildman–Crippen MR) is 61.6 cm³/mol. The Morgan fingerprint density at radius 3 is 2.81 bits per heavy atom. The van der Waals surface area contributed by atoms with Crippen LogP contribution in [0, 0.1) is 5.82 Å². The molecule has 1 N–H and O–H groups in total. The Hall–Kier alpha value is -0.640. The van der Waals surface area contributed by atoms with Gasteiger partial charge in [0.15, 0.2) is 0 Å². The fourth-order valence-corrected chi connectivity index (χ4v) is 2.14. The second-order valence-electron chi connectivity index (χ2n) is 4.08. The number of benzene rings is 1. The number of hydrogen-bond donors (Lipinski definition) is 1. The molecule has 0 bridgehead atoms. The van der Waals surface area contributed by atoms with Crippen LogP contribution in [-0.4, -0.2) is 6.10 Å². The minimum absolute atomic E-state index is 0.314. The van der Waals surface area contributed by atoms with Gasteiger partial charge in [-0.25, -0.2) is 4.39 Å². The molecule has 0 aliphatic heterocycles. The Kier molecular flexibility index (Phi) is 4.16. The van der Waals surface area contributed by atoms with E-state index in [1.54, 1.807) is 6.07 Å². The molecule has 88 valence electrons. The van der Waals surface area contributed by atoms with E-state index in [4.69, 9.17) is 16.4 Å². The summed E-state index contributed by atoms with van der Waals surface area (Å²) in [6.07, 6.45) is 5.03. The summed E-state index contributed by atoms with van der Waals surface area (Å²) in [7, 11) is 0. The number of hydroxylamine groups is 1. The highest BCUT2D eigenvalue weighted by atomic mass is 35.5. The Labute approximate surface area is 99.7 Å². The second kappa shape index (κ2) is 5.62. The van der Waals surface area contributed by atoms with E-state index in [1.807, 2.05) is 0 Å². The van der Waals surface area contributed by atoms with Gasteiger partial charge in [0.1, 0.15) is 5.82 Å². The molecule has 4 heteroatoms. The zero-order valence-electron chi connectivity index (χ0n) is 9.01. The summed E-state index contributed by atoms with van der Waals surface area (Å²) in [5, 5.41) is 0.433. The maximum Gasteiger partial charge on any atom is 0.124 e. The third-order valence-corrected chi connectivity index (χ3v) is 3.18. The fraction of sp³-hybridized carbons (Fsp3) is 0.500. The number of halogens is 2. The van der Waals surface area contributed by atoms with Crippen LogP contribution >= 0.6 is 11.6 Å². The van der Waals surface area contributed by atoms with Gasteiger partial charge < -0.3 is 0 Å². The van der Waals surface area contributed by atoms with Crippen molar-refractivity contribution in [1.29, 1.82) is 0 Å². The van der Waals surface area contributed by atoms with E-state index >= 15 is 0 Å². The number of nitrogens with one attached hydrogen (secondary N) is 1. The number of rotatable bonds is 4. The fourth-order valence-electron chi connectivity index (χ4n) is 1.91. The molecule has 0 heterocycles. The van der Waals surface area contributed by atoms with Crippen molar-refractivity contribution in [2.75, 3.05) is 0 Å². The third-order valence-electron chi connectivity index (χ3n) is 2.83. The van der Waals surface area contributed by atoms with Crippen molar-refractivity contribution in [3.63, 3.8) is 0 Å². The van der Waals surface area contributed by atoms with Gasteiger partial charge >= 0.3 is 0 Å². The van der Waals surface area contributed by atoms with E-state index in [-0.39, 0.29) is 5.82 Å². The summed E-state index contributed by atoms with van der Waals surface area (Å²) < 4.78 is 12.8. The Morgan fingerprint density at radius 1 is 1.38 bits per heavy atom. The largest absolute Gasteiger partial charge is 0.298 e. The molecule has 0 saturated heterocycles. The van der Waals surface area contributed by atoms with Crippen molar-refractivity contribution < 1.29 is 9.23 Å². The van der Waals surface area contributed by atoms with Crippen LogP contribution in [0.2, 0.25) is 5.02 Å². The molecule has 16 heavy (non-hydrogen) atoms. The van der Waals surface area contributed by atoms with E-state index in [0.717, 1.165) is 18.4 Å². The molecule has 0 spiro atoms. The summed E-state index contributed by atoms with van der Waals surface area (Å²) in [6, 6.07) is 4.38. The molecule has 0 radical (unpaired) electrons. The van der Waals surface area contributed by atoms with Crippen molar-refractivity contribution in [1.82, 2.24) is 5.48 Å². The highest BCUT2D eigenvalue weighted by Crippen LogP contribution is 2.21. The first kappa shape index (κ1) is 11.8. The van der Waals surface area contributed by atoms with Gasteiger partial charge in [-0.05, 0) is 30.5 Å². The first-order valence-corrected chi connectivity index (χ1v) is 5.96. The Balaban J connectivity index is 1.80. The van der Waals surface area contributed by atoms with Crippen LogP contribution in [0.15, 0.2) is 18.2 Å². The minimum atomic E-state index is -0.314. The van der Waals surface area contributed by atoms with Gasteiger partial charge in [0.2, 0.25) is 0 Å². The van der Waals surface area contributed by atoms with Crippen molar-refractivity contribution in [2.45, 2.75) is 38.3 Å². The maximum atomic E-state index is 12.8. The van der Waals surface area contributed by atoms with Crippen LogP contribution in [0.25, 0.3) is 0 Å². The standard InChI is InChI=1S/C12H15ClFNO/c13-12-7-10(14)6-5-9(12)8-15-16-11-3-1-2-4-11/h5-7,11,15H,1-4,8H2. The van der Waals surface area contributed by atoms with E-state index < -0.39 is 0 Å². The lowest BCUT2D eigenvalue weighted by atomic mass is 10.2. The highest BCUT2D eigenvalue weighted by molar-refractivity contribution is 6.31. The summed E-state index contributed by atoms with van der Waals surface area (Å²) in [5.74, 6) is -0.314. The van der Waals surface area contributed by atoms with Gasteiger partial charge in [-0.15, -0.1) is 0 Å². The quantitative estimate of drug-likeness (QED) is 0.818. The van der Waals surface area contributed by atoms with Crippen molar-refractivity contribution in [3.8, 4) is 0 Å². The number of hydrogen-bond acceptors (Lipinski definition) is 2. The zero-order chi connectivity index (χ0) is 11.4. The summed E-state index contributed by atoms with van der Waals surface area (Å²) >= 11 is 5.89. The van der Waals surface area contributed by atoms with Crippen LogP contribution in [0.4, 0.5) is 4.39 Å². The first-order valence-electron chi connectivity index (χ1n) is 5.58. The molecule has 1 aromatic carbocycles. The van der Waals surface area contributed by atoms with Crippen LogP contribution in [0.1, 0.15) is 31.2 Å². The molecule has 2 nitrogen and oxygen atoms in total. The van der Waals surface area contributed by atoms with Gasteiger partial charge in [0.05, 0.1) is 6.10 Å².